The molecule has 0 saturated carbocycles. The standard InChI is InChI=1S/C32H40N6O7/c1-42-32(41)30(39)22-38-21-28(35-36-38)23-45-16-15-44-14-13-43-12-9-34-31(40)27(20-33)18-24-5-6-26-19-29(8-7-25(26)17-24)37-10-3-2-4-11-37/h5-8,17-19,21,39,41H,2-4,9-16,22-23H2,1H3,(H,34,40)/b27-18+,32-30-. The fourth-order valence-electron chi connectivity index (χ4n) is 4.77. The Hall–Kier alpha value is -4.64. The molecule has 4 rings (SSSR count). The van der Waals surface area contributed by atoms with Gasteiger partial charge in [0, 0.05) is 25.3 Å². The van der Waals surface area contributed by atoms with Gasteiger partial charge >= 0.3 is 5.95 Å². The van der Waals surface area contributed by atoms with Gasteiger partial charge in [-0.05, 0) is 59.9 Å². The van der Waals surface area contributed by atoms with Crippen LogP contribution < -0.4 is 10.2 Å². The van der Waals surface area contributed by atoms with Gasteiger partial charge in [0.05, 0.1) is 52.9 Å². The Bertz CT molecular complexity index is 1510. The monoisotopic (exact) mass is 620 g/mol. The maximum atomic E-state index is 12.5. The molecular formula is C32H40N6O7. The summed E-state index contributed by atoms with van der Waals surface area (Å²) in [5, 5.41) is 41.2. The van der Waals surface area contributed by atoms with Gasteiger partial charge in [-0.25, -0.2) is 4.68 Å². The second kappa shape index (κ2) is 17.6. The fourth-order valence-corrected chi connectivity index (χ4v) is 4.77. The zero-order chi connectivity index (χ0) is 31.9. The molecule has 3 N–H and O–H groups in total. The Morgan fingerprint density at radius 2 is 1.71 bits per heavy atom. The smallest absolute Gasteiger partial charge is 0.317 e. The number of aromatic nitrogens is 3. The van der Waals surface area contributed by atoms with Gasteiger partial charge < -0.3 is 39.4 Å². The van der Waals surface area contributed by atoms with Gasteiger partial charge in [0.15, 0.2) is 5.76 Å². The van der Waals surface area contributed by atoms with E-state index in [1.165, 1.54) is 36.7 Å². The molecule has 3 aromatic rings. The summed E-state index contributed by atoms with van der Waals surface area (Å²) in [5.74, 6) is -1.39. The summed E-state index contributed by atoms with van der Waals surface area (Å²) in [4.78, 5) is 15.0. The first kappa shape index (κ1) is 33.3. The molecule has 1 aromatic heterocycles. The third kappa shape index (κ3) is 10.5. The van der Waals surface area contributed by atoms with Crippen LogP contribution in [0.1, 0.15) is 30.5 Å². The lowest BCUT2D eigenvalue weighted by Gasteiger charge is -2.29. The molecule has 0 radical (unpaired) electrons. The van der Waals surface area contributed by atoms with Crippen LogP contribution in [0.5, 0.6) is 0 Å². The van der Waals surface area contributed by atoms with Crippen LogP contribution in [-0.4, -0.2) is 90.9 Å². The first-order chi connectivity index (χ1) is 22.0. The van der Waals surface area contributed by atoms with Gasteiger partial charge in [-0.1, -0.05) is 23.4 Å². The van der Waals surface area contributed by atoms with Crippen molar-refractivity contribution in [1.29, 1.82) is 5.26 Å². The quantitative estimate of drug-likeness (QED) is 0.0874. The van der Waals surface area contributed by atoms with Crippen molar-refractivity contribution in [2.45, 2.75) is 32.4 Å². The molecule has 1 fully saturated rings. The van der Waals surface area contributed by atoms with Crippen LogP contribution in [-0.2, 0) is 36.9 Å². The molecule has 0 bridgehead atoms. The van der Waals surface area contributed by atoms with Crippen molar-refractivity contribution in [1.82, 2.24) is 20.3 Å². The molecule has 45 heavy (non-hydrogen) atoms. The highest BCUT2D eigenvalue weighted by atomic mass is 16.6. The summed E-state index contributed by atoms with van der Waals surface area (Å²) in [7, 11) is 1.24. The predicted octanol–water partition coefficient (Wildman–Crippen LogP) is 3.63. The predicted molar refractivity (Wildman–Crippen MR) is 167 cm³/mol. The summed E-state index contributed by atoms with van der Waals surface area (Å²) in [5.41, 5.74) is 2.61. The van der Waals surface area contributed by atoms with Crippen LogP contribution in [0, 0.1) is 11.3 Å². The van der Waals surface area contributed by atoms with E-state index in [-0.39, 0.29) is 37.6 Å². The number of nitrogens with one attached hydrogen (secondary N) is 1. The number of anilines is 1. The summed E-state index contributed by atoms with van der Waals surface area (Å²) in [6.07, 6.45) is 6.93. The number of nitriles is 1. The largest absolute Gasteiger partial charge is 0.504 e. The number of hydrogen-bond acceptors (Lipinski definition) is 11. The van der Waals surface area contributed by atoms with Crippen LogP contribution in [0.2, 0.25) is 0 Å². The summed E-state index contributed by atoms with van der Waals surface area (Å²) < 4.78 is 22.3. The van der Waals surface area contributed by atoms with Crippen LogP contribution in [0.4, 0.5) is 5.69 Å². The molecular weight excluding hydrogens is 580 g/mol. The minimum absolute atomic E-state index is 0.0329. The zero-order valence-corrected chi connectivity index (χ0v) is 25.5. The van der Waals surface area contributed by atoms with Crippen LogP contribution >= 0.6 is 0 Å². The highest BCUT2D eigenvalue weighted by Gasteiger charge is 2.12. The highest BCUT2D eigenvalue weighted by Crippen LogP contribution is 2.26. The van der Waals surface area contributed by atoms with E-state index in [1.54, 1.807) is 12.3 Å². The molecule has 0 aliphatic carbocycles. The Morgan fingerprint density at radius 3 is 2.47 bits per heavy atom. The van der Waals surface area contributed by atoms with Crippen molar-refractivity contribution < 1.29 is 34.0 Å². The number of piperidine rings is 1. The number of ether oxygens (including phenoxy) is 4. The van der Waals surface area contributed by atoms with Crippen molar-refractivity contribution in [3.63, 3.8) is 0 Å². The molecule has 1 amide bonds. The van der Waals surface area contributed by atoms with Crippen LogP contribution in [0.15, 0.2) is 59.9 Å². The van der Waals surface area contributed by atoms with Crippen molar-refractivity contribution in [3.05, 3.63) is 71.1 Å². The summed E-state index contributed by atoms with van der Waals surface area (Å²) in [6.45, 7) is 4.23. The molecule has 1 aliphatic rings. The minimum atomic E-state index is -0.576. The SMILES string of the molecule is CO/C(O)=C(\O)Cn1cc(COCCOCCOCCNC(=O)/C(C#N)=C/c2ccc3cc(N4CCCCC4)ccc3c2)nn1. The molecule has 1 saturated heterocycles. The fraction of sp³-hybridized carbons (Fsp3) is 0.438. The highest BCUT2D eigenvalue weighted by molar-refractivity contribution is 6.02. The van der Waals surface area contributed by atoms with Crippen molar-refractivity contribution in [3.8, 4) is 6.07 Å². The van der Waals surface area contributed by atoms with E-state index in [2.05, 4.69) is 43.5 Å². The Labute approximate surface area is 262 Å². The lowest BCUT2D eigenvalue weighted by Crippen LogP contribution is -2.29. The molecule has 1 aliphatic heterocycles. The van der Waals surface area contributed by atoms with E-state index in [0.29, 0.717) is 32.1 Å². The number of aliphatic hydroxyl groups excluding tert-OH is 2. The van der Waals surface area contributed by atoms with E-state index in [1.807, 2.05) is 24.3 Å². The molecule has 13 heteroatoms. The number of rotatable bonds is 17. The third-order valence-corrected chi connectivity index (χ3v) is 7.11. The zero-order valence-electron chi connectivity index (χ0n) is 25.5. The molecule has 2 aromatic carbocycles. The molecule has 2 heterocycles. The van der Waals surface area contributed by atoms with Gasteiger partial charge in [0.1, 0.15) is 23.9 Å². The topological polar surface area (TPSA) is 164 Å². The van der Waals surface area contributed by atoms with Gasteiger partial charge in [-0.2, -0.15) is 5.26 Å². The number of carbonyl (C=O) groups excluding carboxylic acids is 1. The molecule has 0 unspecified atom stereocenters. The lowest BCUT2D eigenvalue weighted by molar-refractivity contribution is -0.117. The molecule has 240 valence electrons. The summed E-state index contributed by atoms with van der Waals surface area (Å²) in [6, 6.07) is 14.4. The van der Waals surface area contributed by atoms with Crippen LogP contribution in [0.3, 0.4) is 0 Å². The number of allylic oxidation sites excluding steroid dienone is 1. The number of carbonyl (C=O) groups is 1. The number of aliphatic hydroxyl groups is 2. The van der Waals surface area contributed by atoms with E-state index >= 15 is 0 Å². The Balaban J connectivity index is 1.08. The molecule has 0 spiro atoms. The van der Waals surface area contributed by atoms with Gasteiger partial charge in [-0.3, -0.25) is 4.79 Å². The molecule has 0 atom stereocenters. The number of methoxy groups -OCH3 is 1. The van der Waals surface area contributed by atoms with Gasteiger partial charge in [0.2, 0.25) is 0 Å². The van der Waals surface area contributed by atoms with Gasteiger partial charge in [0.25, 0.3) is 5.91 Å². The maximum absolute atomic E-state index is 12.5. The number of benzene rings is 2. The first-order valence-electron chi connectivity index (χ1n) is 14.9. The van der Waals surface area contributed by atoms with E-state index < -0.39 is 11.9 Å². The van der Waals surface area contributed by atoms with E-state index in [9.17, 15) is 20.3 Å². The van der Waals surface area contributed by atoms with E-state index in [0.717, 1.165) is 29.4 Å². The average molecular weight is 621 g/mol. The number of hydrogen-bond donors (Lipinski definition) is 3. The van der Waals surface area contributed by atoms with Crippen molar-refractivity contribution >= 4 is 28.4 Å². The Kier molecular flexibility index (Phi) is 13.0. The van der Waals surface area contributed by atoms with Gasteiger partial charge in [-0.15, -0.1) is 5.10 Å². The second-order valence-corrected chi connectivity index (χ2v) is 10.4. The average Bonchev–Trinajstić information content (AvgIpc) is 3.52. The number of nitrogens with zero attached hydrogens (tertiary/aromatic N) is 5. The van der Waals surface area contributed by atoms with Crippen LogP contribution in [0.25, 0.3) is 16.8 Å². The first-order valence-corrected chi connectivity index (χ1v) is 14.9. The van der Waals surface area contributed by atoms with Crippen molar-refractivity contribution in [2.24, 2.45) is 0 Å². The van der Waals surface area contributed by atoms with E-state index in [4.69, 9.17) is 14.2 Å². The number of amides is 1. The Morgan fingerprint density at radius 1 is 1.00 bits per heavy atom. The maximum Gasteiger partial charge on any atom is 0.317 e. The normalized spacial score (nSPS) is 14.2. The number of fused-ring (bicyclic) bond motifs is 1. The summed E-state index contributed by atoms with van der Waals surface area (Å²) >= 11 is 0. The second-order valence-electron chi connectivity index (χ2n) is 10.4. The third-order valence-electron chi connectivity index (χ3n) is 7.11. The minimum Gasteiger partial charge on any atom is -0.504 e. The van der Waals surface area contributed by atoms with Crippen molar-refractivity contribution in [2.75, 3.05) is 64.7 Å². The molecule has 13 nitrogen and oxygen atoms in total. The lowest BCUT2D eigenvalue weighted by atomic mass is 10.0.